The number of rotatable bonds is 4. The first-order valence-corrected chi connectivity index (χ1v) is 5.02. The van der Waals surface area contributed by atoms with Crippen molar-refractivity contribution in [1.82, 2.24) is 4.90 Å². The highest BCUT2D eigenvalue weighted by Crippen LogP contribution is 2.09. The Bertz CT molecular complexity index is 362. The van der Waals surface area contributed by atoms with E-state index in [0.29, 0.717) is 18.7 Å². The Labute approximate surface area is 93.9 Å². The van der Waals surface area contributed by atoms with Crippen LogP contribution in [0.5, 0.6) is 0 Å². The second-order valence-corrected chi connectivity index (χ2v) is 3.91. The van der Waals surface area contributed by atoms with Gasteiger partial charge >= 0.3 is 0 Å². The molecule has 0 saturated heterocycles. The van der Waals surface area contributed by atoms with Crippen molar-refractivity contribution in [2.24, 2.45) is 0 Å². The van der Waals surface area contributed by atoms with Gasteiger partial charge < -0.3 is 0 Å². The second kappa shape index (κ2) is 5.69. The van der Waals surface area contributed by atoms with Crippen molar-refractivity contribution in [2.45, 2.75) is 11.9 Å². The Kier molecular flexibility index (Phi) is 4.54. The summed E-state index contributed by atoms with van der Waals surface area (Å²) in [5.74, 6) is -0.229. The van der Waals surface area contributed by atoms with Gasteiger partial charge in [-0.2, -0.15) is 5.26 Å². The van der Waals surface area contributed by atoms with Crippen molar-refractivity contribution in [1.29, 1.82) is 5.26 Å². The molecular weight excluding hydrogens is 215 g/mol. The molecule has 4 heteroatoms. The SMILES string of the molecule is CN(Cc1ccccc1F)CC(Cl)C#N. The van der Waals surface area contributed by atoms with Gasteiger partial charge in [0.15, 0.2) is 0 Å². The predicted octanol–water partition coefficient (Wildman–Crippen LogP) is 2.39. The Morgan fingerprint density at radius 3 is 2.80 bits per heavy atom. The second-order valence-electron chi connectivity index (χ2n) is 3.38. The number of nitrogens with zero attached hydrogens (tertiary/aromatic N) is 2. The third-order valence-corrected chi connectivity index (χ3v) is 2.25. The maximum Gasteiger partial charge on any atom is 0.133 e. The van der Waals surface area contributed by atoms with E-state index in [0.717, 1.165) is 0 Å². The van der Waals surface area contributed by atoms with Gasteiger partial charge in [-0.3, -0.25) is 4.90 Å². The lowest BCUT2D eigenvalue weighted by Gasteiger charge is -2.17. The zero-order chi connectivity index (χ0) is 11.3. The normalized spacial score (nSPS) is 12.5. The molecule has 0 fully saturated rings. The average molecular weight is 227 g/mol. The fourth-order valence-corrected chi connectivity index (χ4v) is 1.53. The molecule has 0 spiro atoms. The molecule has 0 aliphatic heterocycles. The summed E-state index contributed by atoms with van der Waals surface area (Å²) in [6, 6.07) is 8.51. The van der Waals surface area contributed by atoms with Gasteiger partial charge in [0, 0.05) is 18.7 Å². The van der Waals surface area contributed by atoms with Gasteiger partial charge in [0.25, 0.3) is 0 Å². The van der Waals surface area contributed by atoms with Crippen molar-refractivity contribution < 1.29 is 4.39 Å². The fourth-order valence-electron chi connectivity index (χ4n) is 1.30. The number of hydrogen-bond acceptors (Lipinski definition) is 2. The number of nitriles is 1. The van der Waals surface area contributed by atoms with Crippen LogP contribution in [0.2, 0.25) is 0 Å². The number of hydrogen-bond donors (Lipinski definition) is 0. The summed E-state index contributed by atoms with van der Waals surface area (Å²) < 4.78 is 13.2. The molecule has 1 aromatic carbocycles. The Morgan fingerprint density at radius 1 is 1.53 bits per heavy atom. The lowest BCUT2D eigenvalue weighted by atomic mass is 10.2. The summed E-state index contributed by atoms with van der Waals surface area (Å²) in [5, 5.41) is 7.97. The minimum atomic E-state index is -0.554. The molecule has 0 aliphatic carbocycles. The van der Waals surface area contributed by atoms with E-state index < -0.39 is 5.38 Å². The van der Waals surface area contributed by atoms with E-state index in [4.69, 9.17) is 16.9 Å². The van der Waals surface area contributed by atoms with Crippen molar-refractivity contribution in [3.8, 4) is 6.07 Å². The number of halogens is 2. The molecule has 1 unspecified atom stereocenters. The molecule has 80 valence electrons. The Hall–Kier alpha value is -1.11. The van der Waals surface area contributed by atoms with Gasteiger partial charge in [-0.15, -0.1) is 11.6 Å². The van der Waals surface area contributed by atoms with Crippen molar-refractivity contribution >= 4 is 11.6 Å². The molecule has 0 aliphatic rings. The summed E-state index contributed by atoms with van der Waals surface area (Å²) >= 11 is 5.67. The average Bonchev–Trinajstić information content (AvgIpc) is 2.21. The van der Waals surface area contributed by atoms with E-state index in [1.807, 2.05) is 11.0 Å². The topological polar surface area (TPSA) is 27.0 Å². The maximum absolute atomic E-state index is 13.2. The maximum atomic E-state index is 13.2. The largest absolute Gasteiger partial charge is 0.299 e. The highest BCUT2D eigenvalue weighted by molar-refractivity contribution is 6.22. The fraction of sp³-hybridized carbons (Fsp3) is 0.364. The molecule has 2 nitrogen and oxygen atoms in total. The molecular formula is C11H12ClFN2. The molecule has 0 radical (unpaired) electrons. The zero-order valence-corrected chi connectivity index (χ0v) is 9.21. The van der Waals surface area contributed by atoms with Gasteiger partial charge in [-0.05, 0) is 13.1 Å². The molecule has 0 saturated carbocycles. The molecule has 1 atom stereocenters. The lowest BCUT2D eigenvalue weighted by molar-refractivity contribution is 0.331. The lowest BCUT2D eigenvalue weighted by Crippen LogP contribution is -2.25. The number of benzene rings is 1. The summed E-state index contributed by atoms with van der Waals surface area (Å²) in [7, 11) is 1.80. The smallest absolute Gasteiger partial charge is 0.133 e. The van der Waals surface area contributed by atoms with Crippen LogP contribution in [0.1, 0.15) is 5.56 Å². The van der Waals surface area contributed by atoms with Crippen molar-refractivity contribution in [2.75, 3.05) is 13.6 Å². The van der Waals surface area contributed by atoms with E-state index in [2.05, 4.69) is 0 Å². The first-order valence-electron chi connectivity index (χ1n) is 4.59. The van der Waals surface area contributed by atoms with Crippen LogP contribution in [0.25, 0.3) is 0 Å². The van der Waals surface area contributed by atoms with Gasteiger partial charge in [0.2, 0.25) is 0 Å². The first kappa shape index (κ1) is 12.0. The molecule has 0 aromatic heterocycles. The highest BCUT2D eigenvalue weighted by atomic mass is 35.5. The molecule has 0 bridgehead atoms. The third kappa shape index (κ3) is 3.86. The van der Waals surface area contributed by atoms with E-state index in [9.17, 15) is 4.39 Å². The summed E-state index contributed by atoms with van der Waals surface area (Å²) in [4.78, 5) is 1.82. The molecule has 1 rings (SSSR count). The van der Waals surface area contributed by atoms with Crippen LogP contribution in [0, 0.1) is 17.1 Å². The standard InChI is InChI=1S/C11H12ClFN2/c1-15(8-10(12)6-14)7-9-4-2-3-5-11(9)13/h2-5,10H,7-8H2,1H3. The van der Waals surface area contributed by atoms with Gasteiger partial charge in [0.05, 0.1) is 6.07 Å². The molecule has 1 aromatic rings. The Morgan fingerprint density at radius 2 is 2.20 bits per heavy atom. The third-order valence-electron chi connectivity index (χ3n) is 2.01. The van der Waals surface area contributed by atoms with E-state index in [-0.39, 0.29) is 5.82 Å². The van der Waals surface area contributed by atoms with Crippen LogP contribution in [0.4, 0.5) is 4.39 Å². The zero-order valence-electron chi connectivity index (χ0n) is 8.45. The summed E-state index contributed by atoms with van der Waals surface area (Å²) in [5.41, 5.74) is 0.613. The van der Waals surface area contributed by atoms with E-state index >= 15 is 0 Å². The van der Waals surface area contributed by atoms with Gasteiger partial charge in [0.1, 0.15) is 11.2 Å². The van der Waals surface area contributed by atoms with Crippen molar-refractivity contribution in [3.05, 3.63) is 35.6 Å². The van der Waals surface area contributed by atoms with Gasteiger partial charge in [-0.1, -0.05) is 18.2 Å². The summed E-state index contributed by atoms with van der Waals surface area (Å²) in [6.07, 6.45) is 0. The van der Waals surface area contributed by atoms with E-state index in [1.165, 1.54) is 6.07 Å². The Balaban J connectivity index is 2.56. The minimum absolute atomic E-state index is 0.229. The van der Waals surface area contributed by atoms with Crippen LogP contribution in [0.3, 0.4) is 0 Å². The van der Waals surface area contributed by atoms with Gasteiger partial charge in [-0.25, -0.2) is 4.39 Å². The van der Waals surface area contributed by atoms with Crippen molar-refractivity contribution in [3.63, 3.8) is 0 Å². The first-order chi connectivity index (χ1) is 7.13. The molecule has 0 N–H and O–H groups in total. The van der Waals surface area contributed by atoms with Crippen LogP contribution in [0.15, 0.2) is 24.3 Å². The summed E-state index contributed by atoms with van der Waals surface area (Å²) in [6.45, 7) is 0.879. The predicted molar refractivity (Wildman–Crippen MR) is 58.0 cm³/mol. The van der Waals surface area contributed by atoms with Crippen LogP contribution in [-0.4, -0.2) is 23.9 Å². The molecule has 15 heavy (non-hydrogen) atoms. The van der Waals surface area contributed by atoms with Crippen LogP contribution in [-0.2, 0) is 6.54 Å². The van der Waals surface area contributed by atoms with Crippen LogP contribution < -0.4 is 0 Å². The molecule has 0 amide bonds. The van der Waals surface area contributed by atoms with E-state index in [1.54, 1.807) is 25.2 Å². The number of alkyl halides is 1. The van der Waals surface area contributed by atoms with Crippen LogP contribution >= 0.6 is 11.6 Å². The quantitative estimate of drug-likeness (QED) is 0.738. The monoisotopic (exact) mass is 226 g/mol. The minimum Gasteiger partial charge on any atom is -0.299 e. The highest BCUT2D eigenvalue weighted by Gasteiger charge is 2.09. The molecule has 0 heterocycles.